The van der Waals surface area contributed by atoms with Crippen molar-refractivity contribution in [3.05, 3.63) is 233 Å². The number of carbonyl (C=O) groups is 2. The average molecular weight is 1120 g/mol. The number of allylic oxidation sites excluding steroid dienone is 3. The molecule has 2 unspecified atom stereocenters. The van der Waals surface area contributed by atoms with E-state index in [1.165, 1.54) is 73.1 Å². The van der Waals surface area contributed by atoms with Crippen LogP contribution in [0, 0.1) is 5.92 Å². The largest absolute Gasteiger partial charge is 0.449 e. The number of fused-ring (bicyclic) bond motifs is 3. The van der Waals surface area contributed by atoms with Crippen molar-refractivity contribution in [3.8, 4) is 11.1 Å². The van der Waals surface area contributed by atoms with Crippen LogP contribution in [0.15, 0.2) is 194 Å². The van der Waals surface area contributed by atoms with Crippen LogP contribution in [-0.4, -0.2) is 143 Å². The van der Waals surface area contributed by atoms with Crippen LogP contribution in [0.3, 0.4) is 0 Å². The van der Waals surface area contributed by atoms with Gasteiger partial charge < -0.3 is 49.7 Å². The molecule has 0 spiro atoms. The molecular formula is C72H85N9O3. The Morgan fingerprint density at radius 1 is 0.536 bits per heavy atom. The first-order chi connectivity index (χ1) is 40.7. The fraction of sp³-hybridized carbons (Fsp3) is 0.333. The molecule has 2 heterocycles. The van der Waals surface area contributed by atoms with E-state index in [-0.39, 0.29) is 30.3 Å². The standard InChI is InChI=1S/C45H51N5O3.C27H34N4/c1-31(46-45(52)53-30-42-40-12-8-6-10-38(40)39-11-7-9-13-41(39)42)44(51)50-28-26-49(27-29-50)37-24-18-34(19-25-37)43(32-14-20-35(21-15-32)47(2)3)33-16-22-36(23-17-33)48(4)5;1-29(2)24-11-5-21(6-12-24)27(22-7-13-25(14-8-22)30(3)4)23-9-15-26(16-10-23)31-19-17-28-18-20-31/h6-18,20-25,31,34,42-43H,19,26-30H2,1-5H3,(H,46,52);5-16,27-28H,17-20H2,1-4H3. The second-order valence-corrected chi connectivity index (χ2v) is 23.6. The molecule has 2 saturated heterocycles. The summed E-state index contributed by atoms with van der Waals surface area (Å²) in [6, 6.07) is 60.9. The Morgan fingerprint density at radius 3 is 1.39 bits per heavy atom. The van der Waals surface area contributed by atoms with E-state index in [4.69, 9.17) is 4.74 Å². The predicted molar refractivity (Wildman–Crippen MR) is 349 cm³/mol. The maximum atomic E-state index is 13.4. The molecule has 7 aromatic rings. The first-order valence-electron chi connectivity index (χ1n) is 29.9. The average Bonchev–Trinajstić information content (AvgIpc) is 3.79. The molecule has 12 nitrogen and oxygen atoms in total. The number of nitrogens with zero attached hydrogens (tertiary/aromatic N) is 7. The van der Waals surface area contributed by atoms with Crippen LogP contribution in [0.2, 0.25) is 0 Å². The number of alkyl carbamates (subject to hydrolysis) is 1. The van der Waals surface area contributed by atoms with Crippen molar-refractivity contribution in [1.82, 2.24) is 20.4 Å². The Bertz CT molecular complexity index is 3210. The Kier molecular flexibility index (Phi) is 18.8. The highest BCUT2D eigenvalue weighted by molar-refractivity contribution is 5.85. The van der Waals surface area contributed by atoms with Crippen molar-refractivity contribution in [2.24, 2.45) is 5.92 Å². The topological polar surface area (TPSA) is 90.1 Å². The summed E-state index contributed by atoms with van der Waals surface area (Å²) in [5.74, 6) is 0.651. The summed E-state index contributed by atoms with van der Waals surface area (Å²) < 4.78 is 5.71. The summed E-state index contributed by atoms with van der Waals surface area (Å²) in [5.41, 5.74) is 18.6. The smallest absolute Gasteiger partial charge is 0.407 e. The van der Waals surface area contributed by atoms with Crippen molar-refractivity contribution < 1.29 is 14.3 Å². The van der Waals surface area contributed by atoms with Gasteiger partial charge in [0.15, 0.2) is 0 Å². The fourth-order valence-corrected chi connectivity index (χ4v) is 12.4. The lowest BCUT2D eigenvalue weighted by Crippen LogP contribution is -2.54. The molecule has 2 aliphatic heterocycles. The number of nitrogens with one attached hydrogen (secondary N) is 2. The maximum Gasteiger partial charge on any atom is 0.407 e. The highest BCUT2D eigenvalue weighted by Gasteiger charge is 2.32. The minimum Gasteiger partial charge on any atom is -0.449 e. The van der Waals surface area contributed by atoms with Gasteiger partial charge in [0.2, 0.25) is 5.91 Å². The third-order valence-electron chi connectivity index (χ3n) is 17.3. The third-order valence-corrected chi connectivity index (χ3v) is 17.3. The highest BCUT2D eigenvalue weighted by atomic mass is 16.5. The molecule has 2 aliphatic carbocycles. The molecular weight excluding hydrogens is 1040 g/mol. The first-order valence-corrected chi connectivity index (χ1v) is 29.9. The molecule has 0 radical (unpaired) electrons. The number of carbonyl (C=O) groups excluding carboxylic acids is 2. The van der Waals surface area contributed by atoms with Crippen molar-refractivity contribution >= 4 is 40.4 Å². The molecule has 0 bridgehead atoms. The zero-order valence-corrected chi connectivity index (χ0v) is 50.7. The normalized spacial score (nSPS) is 16.0. The highest BCUT2D eigenvalue weighted by Crippen LogP contribution is 2.45. The van der Waals surface area contributed by atoms with E-state index < -0.39 is 12.1 Å². The zero-order chi connectivity index (χ0) is 58.9. The van der Waals surface area contributed by atoms with Gasteiger partial charge in [0.1, 0.15) is 12.6 Å². The van der Waals surface area contributed by atoms with Gasteiger partial charge >= 0.3 is 6.09 Å². The Hall–Kier alpha value is -8.48. The summed E-state index contributed by atoms with van der Waals surface area (Å²) in [6.45, 7) is 8.89. The van der Waals surface area contributed by atoms with Crippen LogP contribution in [0.25, 0.3) is 11.1 Å². The summed E-state index contributed by atoms with van der Waals surface area (Å²) in [5, 5.41) is 6.22. The number of amides is 2. The van der Waals surface area contributed by atoms with Crippen molar-refractivity contribution in [1.29, 1.82) is 0 Å². The van der Waals surface area contributed by atoms with Crippen LogP contribution in [0.4, 0.5) is 33.2 Å². The molecule has 0 aromatic heterocycles. The molecule has 436 valence electrons. The SMILES string of the molecule is CC(NC(=O)OCC1c2ccccc2-c2ccccc21)C(=O)N1CCN(C2=CCC(C(c3ccc(N(C)C)cc3)c3ccc(N(C)C)cc3)C=C2)CC1.CN(C)c1ccc(C(c2ccc(N(C)C)cc2)c2ccc(N3CCNCC3)cc2)cc1. The van der Waals surface area contributed by atoms with Crippen LogP contribution < -0.4 is 35.1 Å². The van der Waals surface area contributed by atoms with Gasteiger partial charge in [0.25, 0.3) is 0 Å². The number of piperazine rings is 2. The summed E-state index contributed by atoms with van der Waals surface area (Å²) in [4.78, 5) is 41.5. The fourth-order valence-electron chi connectivity index (χ4n) is 12.4. The lowest BCUT2D eigenvalue weighted by Gasteiger charge is -2.39. The van der Waals surface area contributed by atoms with Gasteiger partial charge in [-0.25, -0.2) is 4.79 Å². The van der Waals surface area contributed by atoms with Crippen LogP contribution in [0.5, 0.6) is 0 Å². The molecule has 0 saturated carbocycles. The van der Waals surface area contributed by atoms with Gasteiger partial charge in [0, 0.05) is 161 Å². The Labute approximate surface area is 499 Å². The quantitative estimate of drug-likeness (QED) is 0.0912. The van der Waals surface area contributed by atoms with Gasteiger partial charge in [-0.2, -0.15) is 0 Å². The number of hydrogen-bond acceptors (Lipinski definition) is 10. The zero-order valence-electron chi connectivity index (χ0n) is 50.7. The molecule has 84 heavy (non-hydrogen) atoms. The number of rotatable bonds is 16. The number of ether oxygens (including phenoxy) is 1. The minimum absolute atomic E-state index is 0.0270. The van der Waals surface area contributed by atoms with Crippen molar-refractivity contribution in [2.75, 3.05) is 140 Å². The van der Waals surface area contributed by atoms with E-state index in [9.17, 15) is 9.59 Å². The van der Waals surface area contributed by atoms with E-state index >= 15 is 0 Å². The molecule has 2 amide bonds. The minimum atomic E-state index is -0.678. The predicted octanol–water partition coefficient (Wildman–Crippen LogP) is 11.9. The van der Waals surface area contributed by atoms with E-state index in [0.29, 0.717) is 19.0 Å². The van der Waals surface area contributed by atoms with Crippen LogP contribution >= 0.6 is 0 Å². The van der Waals surface area contributed by atoms with E-state index in [0.717, 1.165) is 56.8 Å². The Balaban J connectivity index is 0.000000215. The molecule has 2 N–H and O–H groups in total. The molecule has 12 heteroatoms. The van der Waals surface area contributed by atoms with Crippen LogP contribution in [-0.2, 0) is 9.53 Å². The van der Waals surface area contributed by atoms with Gasteiger partial charge in [-0.1, -0.05) is 121 Å². The van der Waals surface area contributed by atoms with E-state index in [1.807, 2.05) is 29.2 Å². The summed E-state index contributed by atoms with van der Waals surface area (Å²) >= 11 is 0. The van der Waals surface area contributed by atoms with Crippen molar-refractivity contribution in [2.45, 2.75) is 37.1 Å². The Morgan fingerprint density at radius 2 is 0.964 bits per heavy atom. The maximum absolute atomic E-state index is 13.4. The lowest BCUT2D eigenvalue weighted by molar-refractivity contribution is -0.134. The molecule has 2 fully saturated rings. The number of anilines is 5. The second-order valence-electron chi connectivity index (χ2n) is 23.6. The lowest BCUT2D eigenvalue weighted by atomic mass is 9.77. The molecule has 4 aliphatic rings. The van der Waals surface area contributed by atoms with Gasteiger partial charge in [-0.05, 0) is 136 Å². The van der Waals surface area contributed by atoms with Gasteiger partial charge in [-0.3, -0.25) is 4.79 Å². The number of benzene rings is 7. The van der Waals surface area contributed by atoms with Crippen molar-refractivity contribution in [3.63, 3.8) is 0 Å². The third kappa shape index (κ3) is 13.6. The number of hydrogen-bond donors (Lipinski definition) is 2. The van der Waals surface area contributed by atoms with E-state index in [1.54, 1.807) is 6.92 Å². The van der Waals surface area contributed by atoms with Crippen LogP contribution in [0.1, 0.15) is 70.0 Å². The summed E-state index contributed by atoms with van der Waals surface area (Å²) in [7, 11) is 16.6. The molecule has 7 aromatic carbocycles. The van der Waals surface area contributed by atoms with Gasteiger partial charge in [-0.15, -0.1) is 0 Å². The molecule has 11 rings (SSSR count). The first kappa shape index (κ1) is 58.7. The summed E-state index contributed by atoms with van der Waals surface area (Å²) in [6.07, 6.45) is 7.36. The second kappa shape index (κ2) is 26.8. The van der Waals surface area contributed by atoms with Gasteiger partial charge in [0.05, 0.1) is 0 Å². The monoisotopic (exact) mass is 1120 g/mol. The molecule has 2 atom stereocenters. The van der Waals surface area contributed by atoms with E-state index in [2.05, 4.69) is 260 Å².